The summed E-state index contributed by atoms with van der Waals surface area (Å²) in [6, 6.07) is 10.8. The predicted molar refractivity (Wildman–Crippen MR) is 108 cm³/mol. The van der Waals surface area contributed by atoms with Crippen LogP contribution in [0.3, 0.4) is 0 Å². The first-order valence-corrected chi connectivity index (χ1v) is 8.91. The van der Waals surface area contributed by atoms with Crippen molar-refractivity contribution in [2.75, 3.05) is 19.1 Å². The van der Waals surface area contributed by atoms with Gasteiger partial charge in [-0.3, -0.25) is 14.9 Å². The lowest BCUT2D eigenvalue weighted by Gasteiger charge is -2.26. The van der Waals surface area contributed by atoms with Gasteiger partial charge < -0.3 is 9.47 Å². The summed E-state index contributed by atoms with van der Waals surface area (Å²) in [5, 5.41) is 2.20. The first-order chi connectivity index (χ1) is 12.9. The second-order valence-corrected chi connectivity index (χ2v) is 6.71. The Morgan fingerprint density at radius 3 is 2.30 bits per heavy atom. The van der Waals surface area contributed by atoms with Crippen LogP contribution in [0.25, 0.3) is 6.08 Å². The van der Waals surface area contributed by atoms with Gasteiger partial charge in [-0.05, 0) is 70.6 Å². The highest BCUT2D eigenvalue weighted by molar-refractivity contribution is 14.1. The Labute approximate surface area is 169 Å². The average Bonchev–Trinajstić information content (AvgIpc) is 2.65. The minimum Gasteiger partial charge on any atom is -0.497 e. The Morgan fingerprint density at radius 2 is 1.70 bits per heavy atom. The predicted octanol–water partition coefficient (Wildman–Crippen LogP) is 2.97. The number of imide groups is 2. The Bertz CT molecular complexity index is 953. The van der Waals surface area contributed by atoms with E-state index in [0.717, 1.165) is 8.47 Å². The molecule has 0 unspecified atom stereocenters. The maximum absolute atomic E-state index is 12.8. The summed E-state index contributed by atoms with van der Waals surface area (Å²) in [7, 11) is 3.08. The van der Waals surface area contributed by atoms with Gasteiger partial charge in [0.1, 0.15) is 17.1 Å². The van der Waals surface area contributed by atoms with Crippen LogP contribution in [0.4, 0.5) is 10.5 Å². The van der Waals surface area contributed by atoms with Crippen LogP contribution in [0.5, 0.6) is 11.5 Å². The van der Waals surface area contributed by atoms with Crippen molar-refractivity contribution in [3.05, 3.63) is 57.2 Å². The summed E-state index contributed by atoms with van der Waals surface area (Å²) in [5.74, 6) is -0.157. The molecule has 0 aromatic heterocycles. The molecule has 0 aliphatic carbocycles. The number of anilines is 1. The lowest BCUT2D eigenvalue weighted by Crippen LogP contribution is -2.54. The van der Waals surface area contributed by atoms with Gasteiger partial charge in [0.2, 0.25) is 0 Å². The number of nitrogens with one attached hydrogen (secondary N) is 1. The van der Waals surface area contributed by atoms with Gasteiger partial charge in [-0.2, -0.15) is 0 Å². The van der Waals surface area contributed by atoms with E-state index in [1.54, 1.807) is 49.6 Å². The number of hydrogen-bond acceptors (Lipinski definition) is 5. The lowest BCUT2D eigenvalue weighted by atomic mass is 10.1. The van der Waals surface area contributed by atoms with Crippen molar-refractivity contribution in [3.63, 3.8) is 0 Å². The third-order valence-corrected chi connectivity index (χ3v) is 4.76. The third kappa shape index (κ3) is 3.80. The Morgan fingerprint density at radius 1 is 1.00 bits per heavy atom. The number of nitrogens with zero attached hydrogens (tertiary/aromatic N) is 1. The summed E-state index contributed by atoms with van der Waals surface area (Å²) < 4.78 is 11.1. The zero-order chi connectivity index (χ0) is 19.6. The summed E-state index contributed by atoms with van der Waals surface area (Å²) >= 11 is 2.10. The third-order valence-electron chi connectivity index (χ3n) is 3.92. The molecule has 8 heteroatoms. The Kier molecular flexibility index (Phi) is 5.45. The number of ether oxygens (including phenoxy) is 2. The van der Waals surface area contributed by atoms with Gasteiger partial charge in [-0.15, -0.1) is 0 Å². The molecule has 2 aromatic carbocycles. The second-order valence-electron chi connectivity index (χ2n) is 5.55. The summed E-state index contributed by atoms with van der Waals surface area (Å²) in [6.07, 6.45) is 1.45. The fraction of sp³-hybridized carbons (Fsp3) is 0.105. The van der Waals surface area contributed by atoms with Crippen LogP contribution >= 0.6 is 22.6 Å². The minimum absolute atomic E-state index is 0.133. The first-order valence-electron chi connectivity index (χ1n) is 7.83. The van der Waals surface area contributed by atoms with Crippen molar-refractivity contribution in [1.29, 1.82) is 0 Å². The quantitative estimate of drug-likeness (QED) is 0.415. The van der Waals surface area contributed by atoms with Crippen LogP contribution in [0.15, 0.2) is 48.0 Å². The molecule has 0 bridgehead atoms. The lowest BCUT2D eigenvalue weighted by molar-refractivity contribution is -0.122. The number of rotatable bonds is 4. The van der Waals surface area contributed by atoms with Gasteiger partial charge in [0.15, 0.2) is 0 Å². The molecule has 1 aliphatic heterocycles. The molecule has 0 saturated carbocycles. The maximum atomic E-state index is 12.8. The molecular weight excluding hydrogens is 463 g/mol. The van der Waals surface area contributed by atoms with Gasteiger partial charge >= 0.3 is 6.03 Å². The topological polar surface area (TPSA) is 84.9 Å². The van der Waals surface area contributed by atoms with E-state index in [1.807, 2.05) is 0 Å². The first kappa shape index (κ1) is 18.9. The van der Waals surface area contributed by atoms with Gasteiger partial charge in [0, 0.05) is 0 Å². The van der Waals surface area contributed by atoms with E-state index in [1.165, 1.54) is 13.2 Å². The van der Waals surface area contributed by atoms with Crippen molar-refractivity contribution in [3.8, 4) is 11.5 Å². The zero-order valence-corrected chi connectivity index (χ0v) is 16.6. The van der Waals surface area contributed by atoms with E-state index in [4.69, 9.17) is 9.47 Å². The van der Waals surface area contributed by atoms with Crippen LogP contribution in [0.1, 0.15) is 5.56 Å². The van der Waals surface area contributed by atoms with Crippen molar-refractivity contribution in [2.24, 2.45) is 0 Å². The van der Waals surface area contributed by atoms with Crippen molar-refractivity contribution >= 4 is 52.2 Å². The van der Waals surface area contributed by atoms with Gasteiger partial charge in [-0.1, -0.05) is 6.07 Å². The number of benzene rings is 2. The van der Waals surface area contributed by atoms with E-state index in [-0.39, 0.29) is 5.57 Å². The fourth-order valence-corrected chi connectivity index (χ4v) is 3.32. The van der Waals surface area contributed by atoms with Gasteiger partial charge in [0.05, 0.1) is 23.5 Å². The SMILES string of the molecule is COc1ccc(N2C(=O)NC(=O)/C(=C\c3ccc(OC)c(I)c3)C2=O)cc1. The van der Waals surface area contributed by atoms with Crippen LogP contribution in [-0.2, 0) is 9.59 Å². The summed E-state index contributed by atoms with van der Waals surface area (Å²) in [6.45, 7) is 0. The van der Waals surface area contributed by atoms with E-state index < -0.39 is 17.8 Å². The Balaban J connectivity index is 1.97. The fourth-order valence-electron chi connectivity index (χ4n) is 2.56. The molecule has 138 valence electrons. The molecule has 4 amide bonds. The zero-order valence-electron chi connectivity index (χ0n) is 14.5. The molecule has 0 atom stereocenters. The number of amides is 4. The molecule has 1 heterocycles. The highest BCUT2D eigenvalue weighted by Gasteiger charge is 2.36. The molecule has 0 radical (unpaired) electrons. The monoisotopic (exact) mass is 478 g/mol. The molecule has 1 saturated heterocycles. The molecule has 2 aromatic rings. The molecule has 1 aliphatic rings. The molecule has 27 heavy (non-hydrogen) atoms. The molecule has 1 fully saturated rings. The van der Waals surface area contributed by atoms with Crippen LogP contribution in [-0.4, -0.2) is 32.1 Å². The largest absolute Gasteiger partial charge is 0.497 e. The molecule has 7 nitrogen and oxygen atoms in total. The highest BCUT2D eigenvalue weighted by Crippen LogP contribution is 2.26. The Hall–Kier alpha value is -2.88. The van der Waals surface area contributed by atoms with E-state index in [2.05, 4.69) is 27.9 Å². The number of urea groups is 1. The maximum Gasteiger partial charge on any atom is 0.335 e. The number of halogens is 1. The average molecular weight is 478 g/mol. The van der Waals surface area contributed by atoms with E-state index >= 15 is 0 Å². The van der Waals surface area contributed by atoms with Crippen LogP contribution in [0.2, 0.25) is 0 Å². The van der Waals surface area contributed by atoms with Gasteiger partial charge in [-0.25, -0.2) is 9.69 Å². The minimum atomic E-state index is -0.795. The smallest absolute Gasteiger partial charge is 0.335 e. The van der Waals surface area contributed by atoms with E-state index in [9.17, 15) is 14.4 Å². The molecule has 3 rings (SSSR count). The van der Waals surface area contributed by atoms with Crippen LogP contribution in [0, 0.1) is 3.57 Å². The number of carbonyl (C=O) groups excluding carboxylic acids is 3. The number of hydrogen-bond donors (Lipinski definition) is 1. The normalized spacial score (nSPS) is 15.7. The molecular formula is C19H15IN2O5. The molecule has 1 N–H and O–H groups in total. The standard InChI is InChI=1S/C19H15IN2O5/c1-26-13-6-4-12(5-7-13)22-18(24)14(17(23)21-19(22)25)9-11-3-8-16(27-2)15(20)10-11/h3-10H,1-2H3,(H,21,23,25)/b14-9+. The summed E-state index contributed by atoms with van der Waals surface area (Å²) in [5.41, 5.74) is 0.843. The van der Waals surface area contributed by atoms with Crippen molar-refractivity contribution in [2.45, 2.75) is 0 Å². The number of barbiturate groups is 1. The van der Waals surface area contributed by atoms with Crippen molar-refractivity contribution in [1.82, 2.24) is 5.32 Å². The van der Waals surface area contributed by atoms with E-state index in [0.29, 0.717) is 22.7 Å². The van der Waals surface area contributed by atoms with Crippen molar-refractivity contribution < 1.29 is 23.9 Å². The highest BCUT2D eigenvalue weighted by atomic mass is 127. The van der Waals surface area contributed by atoms with Crippen LogP contribution < -0.4 is 19.7 Å². The number of methoxy groups -OCH3 is 2. The number of carbonyl (C=O) groups is 3. The van der Waals surface area contributed by atoms with Gasteiger partial charge in [0.25, 0.3) is 11.8 Å². The second kappa shape index (κ2) is 7.78. The molecule has 0 spiro atoms. The summed E-state index contributed by atoms with van der Waals surface area (Å²) in [4.78, 5) is 38.2.